The summed E-state index contributed by atoms with van der Waals surface area (Å²) in [6.07, 6.45) is 2.43. The smallest absolute Gasteiger partial charge is 0.308 e. The molecule has 2 atom stereocenters. The molecule has 0 aliphatic carbocycles. The molecule has 1 aliphatic heterocycles. The maximum absolute atomic E-state index is 11.8. The number of carbonyl (C=O) groups is 3. The Kier molecular flexibility index (Phi) is 5.79. The predicted octanol–water partition coefficient (Wildman–Crippen LogP) is 0.614. The van der Waals surface area contributed by atoms with Crippen LogP contribution in [0.2, 0.25) is 0 Å². The summed E-state index contributed by atoms with van der Waals surface area (Å²) in [5, 5.41) is 11.8. The summed E-state index contributed by atoms with van der Waals surface area (Å²) in [4.78, 5) is 35.7. The summed E-state index contributed by atoms with van der Waals surface area (Å²) >= 11 is 0. The largest absolute Gasteiger partial charge is 0.481 e. The van der Waals surface area contributed by atoms with E-state index in [4.69, 9.17) is 5.11 Å². The molecule has 108 valence electrons. The second-order valence-corrected chi connectivity index (χ2v) is 5.11. The molecule has 0 spiro atoms. The molecule has 19 heavy (non-hydrogen) atoms. The Balaban J connectivity index is 2.47. The van der Waals surface area contributed by atoms with Crippen LogP contribution in [0.15, 0.2) is 0 Å². The molecule has 1 aliphatic rings. The van der Waals surface area contributed by atoms with Crippen LogP contribution in [0.4, 0.5) is 0 Å². The standard InChI is InChI=1S/C13H22N2O4/c1-3-4-9(2)14-11(16)8-15-7-10(13(18)19)5-6-12(15)17/h9-10H,3-8H2,1-2H3,(H,14,16)(H,18,19). The summed E-state index contributed by atoms with van der Waals surface area (Å²) in [5.41, 5.74) is 0. The predicted molar refractivity (Wildman–Crippen MR) is 69.5 cm³/mol. The number of amides is 2. The first-order valence-electron chi connectivity index (χ1n) is 6.74. The molecule has 0 saturated carbocycles. The molecule has 1 heterocycles. The van der Waals surface area contributed by atoms with E-state index in [1.165, 1.54) is 4.90 Å². The zero-order valence-electron chi connectivity index (χ0n) is 11.5. The van der Waals surface area contributed by atoms with E-state index in [1.54, 1.807) is 0 Å². The highest BCUT2D eigenvalue weighted by atomic mass is 16.4. The molecule has 1 saturated heterocycles. The van der Waals surface area contributed by atoms with Gasteiger partial charge in [0.2, 0.25) is 11.8 Å². The van der Waals surface area contributed by atoms with E-state index >= 15 is 0 Å². The Bertz CT molecular complexity index is 357. The second-order valence-electron chi connectivity index (χ2n) is 5.11. The van der Waals surface area contributed by atoms with Gasteiger partial charge in [0.25, 0.3) is 0 Å². The summed E-state index contributed by atoms with van der Waals surface area (Å²) < 4.78 is 0. The van der Waals surface area contributed by atoms with Gasteiger partial charge in [0.1, 0.15) is 0 Å². The van der Waals surface area contributed by atoms with Crippen molar-refractivity contribution in [1.82, 2.24) is 10.2 Å². The molecule has 1 fully saturated rings. The van der Waals surface area contributed by atoms with Gasteiger partial charge in [-0.3, -0.25) is 14.4 Å². The third-order valence-electron chi connectivity index (χ3n) is 3.31. The van der Waals surface area contributed by atoms with E-state index in [0.717, 1.165) is 12.8 Å². The maximum atomic E-state index is 11.8. The summed E-state index contributed by atoms with van der Waals surface area (Å²) in [6, 6.07) is 0.0765. The average Bonchev–Trinajstić information content (AvgIpc) is 2.31. The van der Waals surface area contributed by atoms with Gasteiger partial charge in [-0.15, -0.1) is 0 Å². The highest BCUT2D eigenvalue weighted by molar-refractivity contribution is 5.86. The van der Waals surface area contributed by atoms with Crippen molar-refractivity contribution in [2.45, 2.75) is 45.6 Å². The number of hydrogen-bond donors (Lipinski definition) is 2. The minimum atomic E-state index is -0.905. The van der Waals surface area contributed by atoms with Crippen molar-refractivity contribution in [1.29, 1.82) is 0 Å². The van der Waals surface area contributed by atoms with Gasteiger partial charge >= 0.3 is 5.97 Å². The molecule has 2 amide bonds. The number of carbonyl (C=O) groups excluding carboxylic acids is 2. The van der Waals surface area contributed by atoms with Gasteiger partial charge in [-0.25, -0.2) is 0 Å². The molecule has 0 aromatic heterocycles. The van der Waals surface area contributed by atoms with Gasteiger partial charge in [0, 0.05) is 19.0 Å². The number of carboxylic acid groups (broad SMARTS) is 1. The van der Waals surface area contributed by atoms with Crippen LogP contribution < -0.4 is 5.32 Å². The fraction of sp³-hybridized carbons (Fsp3) is 0.769. The highest BCUT2D eigenvalue weighted by Gasteiger charge is 2.31. The number of carboxylic acids is 1. The van der Waals surface area contributed by atoms with Crippen LogP contribution in [-0.4, -0.2) is 46.9 Å². The average molecular weight is 270 g/mol. The lowest BCUT2D eigenvalue weighted by molar-refractivity contribution is -0.149. The van der Waals surface area contributed by atoms with Crippen LogP contribution >= 0.6 is 0 Å². The number of nitrogens with zero attached hydrogens (tertiary/aromatic N) is 1. The normalized spacial score (nSPS) is 21.1. The molecule has 6 nitrogen and oxygen atoms in total. The van der Waals surface area contributed by atoms with E-state index in [1.807, 2.05) is 13.8 Å². The van der Waals surface area contributed by atoms with Crippen LogP contribution in [0.25, 0.3) is 0 Å². The lowest BCUT2D eigenvalue weighted by Gasteiger charge is -2.30. The summed E-state index contributed by atoms with van der Waals surface area (Å²) in [5.74, 6) is -1.83. The molecule has 0 aromatic carbocycles. The molecule has 6 heteroatoms. The van der Waals surface area contributed by atoms with E-state index < -0.39 is 11.9 Å². The fourth-order valence-electron chi connectivity index (χ4n) is 2.27. The van der Waals surface area contributed by atoms with Gasteiger partial charge in [0.05, 0.1) is 12.5 Å². The Morgan fingerprint density at radius 3 is 2.79 bits per heavy atom. The number of hydrogen-bond acceptors (Lipinski definition) is 3. The Morgan fingerprint density at radius 2 is 2.21 bits per heavy atom. The van der Waals surface area contributed by atoms with Crippen LogP contribution in [0.3, 0.4) is 0 Å². The van der Waals surface area contributed by atoms with Gasteiger partial charge in [-0.2, -0.15) is 0 Å². The fourth-order valence-corrected chi connectivity index (χ4v) is 2.27. The molecule has 0 radical (unpaired) electrons. The first-order chi connectivity index (χ1) is 8.93. The van der Waals surface area contributed by atoms with Crippen LogP contribution in [0.1, 0.15) is 39.5 Å². The quantitative estimate of drug-likeness (QED) is 0.740. The third kappa shape index (κ3) is 4.89. The first-order valence-corrected chi connectivity index (χ1v) is 6.74. The Morgan fingerprint density at radius 1 is 1.53 bits per heavy atom. The lowest BCUT2D eigenvalue weighted by atomic mass is 9.98. The van der Waals surface area contributed by atoms with E-state index in [9.17, 15) is 14.4 Å². The number of rotatable bonds is 6. The van der Waals surface area contributed by atoms with Crippen molar-refractivity contribution in [3.8, 4) is 0 Å². The van der Waals surface area contributed by atoms with Crippen molar-refractivity contribution >= 4 is 17.8 Å². The van der Waals surface area contributed by atoms with Crippen molar-refractivity contribution in [3.63, 3.8) is 0 Å². The van der Waals surface area contributed by atoms with Crippen LogP contribution in [0.5, 0.6) is 0 Å². The number of piperidine rings is 1. The van der Waals surface area contributed by atoms with Gasteiger partial charge in [-0.1, -0.05) is 13.3 Å². The third-order valence-corrected chi connectivity index (χ3v) is 3.31. The molecular weight excluding hydrogens is 248 g/mol. The van der Waals surface area contributed by atoms with Crippen molar-refractivity contribution in [2.24, 2.45) is 5.92 Å². The zero-order chi connectivity index (χ0) is 14.4. The second kappa shape index (κ2) is 7.11. The molecule has 1 rings (SSSR count). The zero-order valence-corrected chi connectivity index (χ0v) is 11.5. The minimum Gasteiger partial charge on any atom is -0.481 e. The molecule has 0 aromatic rings. The van der Waals surface area contributed by atoms with E-state index in [0.29, 0.717) is 6.42 Å². The maximum Gasteiger partial charge on any atom is 0.308 e. The number of aliphatic carboxylic acids is 1. The SMILES string of the molecule is CCCC(C)NC(=O)CN1CC(C(=O)O)CCC1=O. The Labute approximate surface area is 113 Å². The van der Waals surface area contributed by atoms with E-state index in [-0.39, 0.29) is 37.4 Å². The van der Waals surface area contributed by atoms with Crippen molar-refractivity contribution < 1.29 is 19.5 Å². The first kappa shape index (κ1) is 15.5. The van der Waals surface area contributed by atoms with E-state index in [2.05, 4.69) is 5.32 Å². The van der Waals surface area contributed by atoms with Gasteiger partial charge < -0.3 is 15.3 Å². The molecule has 2 unspecified atom stereocenters. The van der Waals surface area contributed by atoms with Crippen LogP contribution in [0, 0.1) is 5.92 Å². The summed E-state index contributed by atoms with van der Waals surface area (Å²) in [7, 11) is 0. The molecule has 2 N–H and O–H groups in total. The van der Waals surface area contributed by atoms with Crippen molar-refractivity contribution in [3.05, 3.63) is 0 Å². The van der Waals surface area contributed by atoms with Gasteiger partial charge in [0.15, 0.2) is 0 Å². The number of nitrogens with one attached hydrogen (secondary N) is 1. The Hall–Kier alpha value is -1.59. The van der Waals surface area contributed by atoms with Crippen LogP contribution in [-0.2, 0) is 14.4 Å². The number of likely N-dealkylation sites (tertiary alicyclic amines) is 1. The van der Waals surface area contributed by atoms with Gasteiger partial charge in [-0.05, 0) is 19.8 Å². The van der Waals surface area contributed by atoms with Crippen molar-refractivity contribution in [2.75, 3.05) is 13.1 Å². The molecular formula is C13H22N2O4. The summed E-state index contributed by atoms with van der Waals surface area (Å²) in [6.45, 7) is 4.04. The molecule has 0 bridgehead atoms. The lowest BCUT2D eigenvalue weighted by Crippen LogP contribution is -2.48. The monoisotopic (exact) mass is 270 g/mol. The topological polar surface area (TPSA) is 86.7 Å². The highest BCUT2D eigenvalue weighted by Crippen LogP contribution is 2.17. The minimum absolute atomic E-state index is 0.0450.